The lowest BCUT2D eigenvalue weighted by atomic mass is 9.99. The minimum Gasteiger partial charge on any atom is -0.491 e. The Kier molecular flexibility index (Phi) is 13.7. The second-order valence-corrected chi connectivity index (χ2v) is 10.4. The number of hydrogen-bond donors (Lipinski definition) is 0. The molecule has 36 heavy (non-hydrogen) atoms. The average molecular weight is 499 g/mol. The van der Waals surface area contributed by atoms with Crippen LogP contribution in [0, 0.1) is 5.92 Å². The molecule has 0 saturated heterocycles. The highest BCUT2D eigenvalue weighted by Gasteiger charge is 2.13. The summed E-state index contributed by atoms with van der Waals surface area (Å²) in [5.74, 6) is 3.06. The van der Waals surface area contributed by atoms with Gasteiger partial charge in [-0.2, -0.15) is 0 Å². The van der Waals surface area contributed by atoms with Gasteiger partial charge in [0.1, 0.15) is 18.5 Å². The molecule has 200 valence electrons. The Labute approximate surface area is 218 Å². The first-order valence-electron chi connectivity index (χ1n) is 14.6. The van der Waals surface area contributed by atoms with Gasteiger partial charge in [-0.3, -0.25) is 0 Å². The summed E-state index contributed by atoms with van der Waals surface area (Å²) in [5.41, 5.74) is 0.901. The minimum atomic E-state index is -0.913. The van der Waals surface area contributed by atoms with E-state index >= 15 is 0 Å². The van der Waals surface area contributed by atoms with Crippen molar-refractivity contribution in [1.82, 2.24) is 9.97 Å². The quantitative estimate of drug-likeness (QED) is 0.181. The number of ether oxygens (including phenoxy) is 2. The fourth-order valence-corrected chi connectivity index (χ4v) is 5.03. The van der Waals surface area contributed by atoms with Gasteiger partial charge < -0.3 is 9.47 Å². The molecular formula is C31H47FN2O2. The third-order valence-corrected chi connectivity index (χ3v) is 7.29. The molecule has 1 saturated carbocycles. The van der Waals surface area contributed by atoms with Crippen molar-refractivity contribution in [3.05, 3.63) is 36.7 Å². The largest absolute Gasteiger partial charge is 0.491 e. The van der Waals surface area contributed by atoms with Crippen molar-refractivity contribution in [3.63, 3.8) is 0 Å². The minimum absolute atomic E-state index is 0.106. The van der Waals surface area contributed by atoms with Crippen LogP contribution in [0.4, 0.5) is 4.39 Å². The molecular weight excluding hydrogens is 451 g/mol. The van der Waals surface area contributed by atoms with Gasteiger partial charge in [-0.25, -0.2) is 14.4 Å². The van der Waals surface area contributed by atoms with E-state index in [0.29, 0.717) is 30.4 Å². The van der Waals surface area contributed by atoms with Gasteiger partial charge in [-0.05, 0) is 43.0 Å². The molecule has 1 unspecified atom stereocenters. The molecule has 0 aliphatic heterocycles. The van der Waals surface area contributed by atoms with Gasteiger partial charge >= 0.3 is 0 Å². The zero-order chi connectivity index (χ0) is 25.3. The second kappa shape index (κ2) is 17.3. The van der Waals surface area contributed by atoms with Crippen molar-refractivity contribution in [2.45, 2.75) is 116 Å². The van der Waals surface area contributed by atoms with Crippen LogP contribution in [0.15, 0.2) is 36.7 Å². The van der Waals surface area contributed by atoms with Gasteiger partial charge in [0.15, 0.2) is 11.6 Å². The predicted octanol–water partition coefficient (Wildman–Crippen LogP) is 9.13. The van der Waals surface area contributed by atoms with Crippen molar-refractivity contribution >= 4 is 0 Å². The molecule has 1 atom stereocenters. The first kappa shape index (κ1) is 28.4. The molecule has 0 amide bonds. The SMILES string of the molecule is CCCCCCC(F)COc1ccc(-c2ncc(OCCCCCCCCC3CCCC3)cn2)cc1. The standard InChI is InChI=1S/C31H47FN2O2/c1-2-3-4-10-17-28(32)25-36-29-20-18-27(19-21-29)31-33-23-30(24-34-31)35-22-13-8-6-5-7-9-14-26-15-11-12-16-26/h18-21,23-24,26,28H,2-17,22,25H2,1H3. The Morgan fingerprint density at radius 1 is 0.806 bits per heavy atom. The van der Waals surface area contributed by atoms with Crippen molar-refractivity contribution in [1.29, 1.82) is 0 Å². The molecule has 1 heterocycles. The first-order valence-corrected chi connectivity index (χ1v) is 14.6. The van der Waals surface area contributed by atoms with Gasteiger partial charge in [-0.15, -0.1) is 0 Å². The van der Waals surface area contributed by atoms with E-state index in [9.17, 15) is 4.39 Å². The van der Waals surface area contributed by atoms with Gasteiger partial charge in [0, 0.05) is 5.56 Å². The highest BCUT2D eigenvalue weighted by Crippen LogP contribution is 2.29. The lowest BCUT2D eigenvalue weighted by molar-refractivity contribution is 0.184. The number of hydrogen-bond acceptors (Lipinski definition) is 4. The number of aromatic nitrogens is 2. The van der Waals surface area contributed by atoms with Crippen LogP contribution in [-0.2, 0) is 0 Å². The molecule has 0 spiro atoms. The Hall–Kier alpha value is -2.17. The van der Waals surface area contributed by atoms with E-state index in [1.165, 1.54) is 77.0 Å². The summed E-state index contributed by atoms with van der Waals surface area (Å²) in [7, 11) is 0. The molecule has 0 bridgehead atoms. The fraction of sp³-hybridized carbons (Fsp3) is 0.677. The van der Waals surface area contributed by atoms with Crippen molar-refractivity contribution < 1.29 is 13.9 Å². The summed E-state index contributed by atoms with van der Waals surface area (Å²) in [4.78, 5) is 8.89. The molecule has 2 aromatic rings. The van der Waals surface area contributed by atoms with Crippen LogP contribution >= 0.6 is 0 Å². The first-order chi connectivity index (χ1) is 17.7. The molecule has 4 nitrogen and oxygen atoms in total. The van der Waals surface area contributed by atoms with Crippen LogP contribution in [0.2, 0.25) is 0 Å². The molecule has 1 fully saturated rings. The molecule has 1 aliphatic rings. The lowest BCUT2D eigenvalue weighted by Crippen LogP contribution is -2.12. The number of rotatable bonds is 19. The summed E-state index contributed by atoms with van der Waals surface area (Å²) < 4.78 is 25.4. The summed E-state index contributed by atoms with van der Waals surface area (Å²) in [5, 5.41) is 0. The van der Waals surface area contributed by atoms with Gasteiger partial charge in [-0.1, -0.05) is 96.8 Å². The maximum atomic E-state index is 14.0. The second-order valence-electron chi connectivity index (χ2n) is 10.4. The van der Waals surface area contributed by atoms with Crippen LogP contribution in [0.5, 0.6) is 11.5 Å². The van der Waals surface area contributed by atoms with Crippen molar-refractivity contribution in [3.8, 4) is 22.9 Å². The molecule has 1 aromatic carbocycles. The third-order valence-electron chi connectivity index (χ3n) is 7.29. The molecule has 1 aliphatic carbocycles. The molecule has 0 radical (unpaired) electrons. The van der Waals surface area contributed by atoms with Gasteiger partial charge in [0.25, 0.3) is 0 Å². The Balaban J connectivity index is 1.25. The number of unbranched alkanes of at least 4 members (excludes halogenated alkanes) is 8. The smallest absolute Gasteiger partial charge is 0.159 e. The zero-order valence-electron chi connectivity index (χ0n) is 22.4. The molecule has 3 rings (SSSR count). The van der Waals surface area contributed by atoms with Gasteiger partial charge in [0.05, 0.1) is 19.0 Å². The number of benzene rings is 1. The van der Waals surface area contributed by atoms with E-state index in [-0.39, 0.29) is 6.61 Å². The summed E-state index contributed by atoms with van der Waals surface area (Å²) in [6.45, 7) is 2.98. The van der Waals surface area contributed by atoms with Crippen LogP contribution in [0.25, 0.3) is 11.4 Å². The number of halogens is 1. The predicted molar refractivity (Wildman–Crippen MR) is 146 cm³/mol. The van der Waals surface area contributed by atoms with Crippen LogP contribution in [0.1, 0.15) is 110 Å². The van der Waals surface area contributed by atoms with E-state index in [4.69, 9.17) is 9.47 Å². The van der Waals surface area contributed by atoms with Crippen molar-refractivity contribution in [2.75, 3.05) is 13.2 Å². The summed E-state index contributed by atoms with van der Waals surface area (Å²) >= 11 is 0. The Bertz CT molecular complexity index is 806. The summed E-state index contributed by atoms with van der Waals surface area (Å²) in [6.07, 6.45) is 22.6. The van der Waals surface area contributed by atoms with Crippen LogP contribution in [0.3, 0.4) is 0 Å². The topological polar surface area (TPSA) is 44.2 Å². The van der Waals surface area contributed by atoms with E-state index in [1.54, 1.807) is 12.4 Å². The summed E-state index contributed by atoms with van der Waals surface area (Å²) in [6, 6.07) is 7.52. The number of nitrogens with zero attached hydrogens (tertiary/aromatic N) is 2. The van der Waals surface area contributed by atoms with E-state index in [2.05, 4.69) is 16.9 Å². The third kappa shape index (κ3) is 11.3. The number of alkyl halides is 1. The van der Waals surface area contributed by atoms with Crippen LogP contribution in [-0.4, -0.2) is 29.4 Å². The zero-order valence-corrected chi connectivity index (χ0v) is 22.4. The van der Waals surface area contributed by atoms with Crippen LogP contribution < -0.4 is 9.47 Å². The maximum Gasteiger partial charge on any atom is 0.159 e. The fourth-order valence-electron chi connectivity index (χ4n) is 5.03. The average Bonchev–Trinajstić information content (AvgIpc) is 3.43. The Morgan fingerprint density at radius 3 is 2.19 bits per heavy atom. The van der Waals surface area contributed by atoms with E-state index in [1.807, 2.05) is 24.3 Å². The molecule has 0 N–H and O–H groups in total. The highest BCUT2D eigenvalue weighted by atomic mass is 19.1. The van der Waals surface area contributed by atoms with E-state index in [0.717, 1.165) is 30.7 Å². The van der Waals surface area contributed by atoms with Crippen molar-refractivity contribution in [2.24, 2.45) is 5.92 Å². The van der Waals surface area contributed by atoms with E-state index < -0.39 is 6.17 Å². The lowest BCUT2D eigenvalue weighted by Gasteiger charge is -2.11. The Morgan fingerprint density at radius 2 is 1.47 bits per heavy atom. The molecule has 5 heteroatoms. The monoisotopic (exact) mass is 498 g/mol. The maximum absolute atomic E-state index is 14.0. The highest BCUT2D eigenvalue weighted by molar-refractivity contribution is 5.56. The molecule has 1 aromatic heterocycles. The van der Waals surface area contributed by atoms with Gasteiger partial charge in [0.2, 0.25) is 0 Å². The normalized spacial score (nSPS) is 14.7.